The summed E-state index contributed by atoms with van der Waals surface area (Å²) in [4.78, 5) is 2.86. The van der Waals surface area contributed by atoms with Crippen molar-refractivity contribution in [3.63, 3.8) is 0 Å². The van der Waals surface area contributed by atoms with Crippen LogP contribution in [0.5, 0.6) is 0 Å². The Morgan fingerprint density at radius 1 is 1.19 bits per heavy atom. The van der Waals surface area contributed by atoms with Crippen LogP contribution in [0.15, 0.2) is 24.3 Å². The van der Waals surface area contributed by atoms with E-state index in [0.717, 1.165) is 6.04 Å². The molecule has 112 valence electrons. The average molecular weight is 282 g/mol. The number of piperidine rings is 1. The lowest BCUT2D eigenvalue weighted by Gasteiger charge is -2.58. The Labute approximate surface area is 127 Å². The van der Waals surface area contributed by atoms with Gasteiger partial charge in [-0.15, -0.1) is 0 Å². The molecular formula is C19H26N2. The van der Waals surface area contributed by atoms with Crippen molar-refractivity contribution in [2.75, 3.05) is 18.4 Å². The van der Waals surface area contributed by atoms with Gasteiger partial charge in [-0.25, -0.2) is 0 Å². The Hall–Kier alpha value is -1.02. The minimum absolute atomic E-state index is 0.408. The van der Waals surface area contributed by atoms with Crippen LogP contribution >= 0.6 is 0 Å². The monoisotopic (exact) mass is 282 g/mol. The Balaban J connectivity index is 1.72. The van der Waals surface area contributed by atoms with Gasteiger partial charge in [-0.2, -0.15) is 0 Å². The summed E-state index contributed by atoms with van der Waals surface area (Å²) in [5.74, 6) is 0. The summed E-state index contributed by atoms with van der Waals surface area (Å²) in [6, 6.07) is 10.7. The first kappa shape index (κ1) is 12.5. The van der Waals surface area contributed by atoms with Crippen LogP contribution < -0.4 is 5.32 Å². The third-order valence-corrected chi connectivity index (χ3v) is 7.38. The van der Waals surface area contributed by atoms with E-state index in [0.29, 0.717) is 16.9 Å². The van der Waals surface area contributed by atoms with Crippen molar-refractivity contribution in [2.24, 2.45) is 5.41 Å². The molecule has 3 heterocycles. The molecule has 1 aromatic rings. The van der Waals surface area contributed by atoms with E-state index in [1.54, 1.807) is 5.56 Å². The minimum atomic E-state index is 0.408. The molecular weight excluding hydrogens is 256 g/mol. The fraction of sp³-hybridized carbons (Fsp3) is 0.684. The molecule has 4 atom stereocenters. The summed E-state index contributed by atoms with van der Waals surface area (Å²) in [6.45, 7) is 5.10. The molecule has 2 saturated heterocycles. The quantitative estimate of drug-likeness (QED) is 0.843. The second kappa shape index (κ2) is 4.04. The Morgan fingerprint density at radius 2 is 2.10 bits per heavy atom. The van der Waals surface area contributed by atoms with Crippen LogP contribution in [0.25, 0.3) is 0 Å². The molecule has 1 spiro atoms. The number of hydrogen-bond donors (Lipinski definition) is 1. The summed E-state index contributed by atoms with van der Waals surface area (Å²) in [5.41, 5.74) is 4.07. The predicted octanol–water partition coefficient (Wildman–Crippen LogP) is 3.78. The summed E-state index contributed by atoms with van der Waals surface area (Å²) in [7, 11) is 0. The number of anilines is 1. The van der Waals surface area contributed by atoms with Crippen molar-refractivity contribution in [1.82, 2.24) is 4.90 Å². The zero-order valence-corrected chi connectivity index (χ0v) is 13.1. The van der Waals surface area contributed by atoms with Crippen LogP contribution in [0.2, 0.25) is 0 Å². The first-order valence-corrected chi connectivity index (χ1v) is 8.90. The molecule has 0 amide bonds. The third-order valence-electron chi connectivity index (χ3n) is 7.38. The van der Waals surface area contributed by atoms with Gasteiger partial charge in [0.05, 0.1) is 0 Å². The summed E-state index contributed by atoms with van der Waals surface area (Å²) < 4.78 is 0. The smallest absolute Gasteiger partial charge is 0.0382 e. The van der Waals surface area contributed by atoms with E-state index >= 15 is 0 Å². The second-order valence-corrected chi connectivity index (χ2v) is 7.83. The highest BCUT2D eigenvalue weighted by atomic mass is 15.2. The topological polar surface area (TPSA) is 15.3 Å². The van der Waals surface area contributed by atoms with Crippen molar-refractivity contribution >= 4 is 5.69 Å². The molecule has 3 aliphatic heterocycles. The molecule has 21 heavy (non-hydrogen) atoms. The third kappa shape index (κ3) is 1.34. The molecule has 1 aliphatic carbocycles. The highest BCUT2D eigenvalue weighted by Gasteiger charge is 2.65. The van der Waals surface area contributed by atoms with E-state index in [9.17, 15) is 0 Å². The number of nitrogens with zero attached hydrogens (tertiary/aromatic N) is 1. The number of para-hydroxylation sites is 1. The van der Waals surface area contributed by atoms with E-state index < -0.39 is 0 Å². The Morgan fingerprint density at radius 3 is 3.00 bits per heavy atom. The van der Waals surface area contributed by atoms with Gasteiger partial charge in [-0.05, 0) is 68.7 Å². The van der Waals surface area contributed by atoms with Crippen molar-refractivity contribution in [3.8, 4) is 0 Å². The van der Waals surface area contributed by atoms with Crippen LogP contribution in [0, 0.1) is 5.41 Å². The van der Waals surface area contributed by atoms with Crippen molar-refractivity contribution in [1.29, 1.82) is 0 Å². The first-order valence-electron chi connectivity index (χ1n) is 8.90. The van der Waals surface area contributed by atoms with Gasteiger partial charge in [0.1, 0.15) is 0 Å². The molecule has 0 aromatic heterocycles. The molecule has 1 saturated carbocycles. The van der Waals surface area contributed by atoms with Crippen LogP contribution in [0.4, 0.5) is 5.69 Å². The zero-order valence-electron chi connectivity index (χ0n) is 13.1. The number of benzene rings is 1. The van der Waals surface area contributed by atoms with Gasteiger partial charge in [-0.1, -0.05) is 25.1 Å². The molecule has 0 bridgehead atoms. The largest absolute Gasteiger partial charge is 0.381 e. The average Bonchev–Trinajstić information content (AvgIpc) is 3.08. The summed E-state index contributed by atoms with van der Waals surface area (Å²) >= 11 is 0. The molecule has 1 aromatic carbocycles. The van der Waals surface area contributed by atoms with Gasteiger partial charge in [0.2, 0.25) is 0 Å². The van der Waals surface area contributed by atoms with Gasteiger partial charge < -0.3 is 5.32 Å². The Kier molecular flexibility index (Phi) is 2.41. The van der Waals surface area contributed by atoms with E-state index in [4.69, 9.17) is 0 Å². The van der Waals surface area contributed by atoms with Gasteiger partial charge in [-0.3, -0.25) is 4.90 Å². The number of hydrogen-bond acceptors (Lipinski definition) is 2. The number of rotatable bonds is 1. The van der Waals surface area contributed by atoms with E-state index in [2.05, 4.69) is 41.4 Å². The second-order valence-electron chi connectivity index (χ2n) is 7.83. The maximum Gasteiger partial charge on any atom is 0.0382 e. The standard InChI is InChI=1S/C19H26N2/c1-2-18-9-5-12-21-13-11-19(17(18)21)14-6-3-4-7-15(14)20-16(19)8-10-18/h3-4,6-7,16-17,20H,2,5,8-13H2,1H3/t16-,17-,18-,19+/m1/s1. The van der Waals surface area contributed by atoms with Gasteiger partial charge >= 0.3 is 0 Å². The SMILES string of the molecule is CC[C@@]12CCCN3CC[C@@]4(c5ccccc5N[C@@H]4CC1)[C@H]32. The number of nitrogens with one attached hydrogen (secondary N) is 1. The molecule has 0 unspecified atom stereocenters. The minimum Gasteiger partial charge on any atom is -0.381 e. The Bertz CT molecular complexity index is 583. The van der Waals surface area contributed by atoms with Crippen molar-refractivity contribution in [2.45, 2.75) is 62.9 Å². The lowest BCUT2D eigenvalue weighted by molar-refractivity contribution is -0.0309. The van der Waals surface area contributed by atoms with E-state index in [-0.39, 0.29) is 0 Å². The molecule has 2 heteroatoms. The highest BCUT2D eigenvalue weighted by molar-refractivity contribution is 5.64. The maximum atomic E-state index is 3.90. The first-order chi connectivity index (χ1) is 10.3. The lowest BCUT2D eigenvalue weighted by Crippen LogP contribution is -2.63. The van der Waals surface area contributed by atoms with Gasteiger partial charge in [0.25, 0.3) is 0 Å². The predicted molar refractivity (Wildman–Crippen MR) is 86.7 cm³/mol. The summed E-state index contributed by atoms with van der Waals surface area (Å²) in [5, 5.41) is 3.90. The summed E-state index contributed by atoms with van der Waals surface area (Å²) in [6.07, 6.45) is 8.41. The van der Waals surface area contributed by atoms with Crippen LogP contribution in [-0.2, 0) is 5.41 Å². The molecule has 4 aliphatic rings. The molecule has 2 nitrogen and oxygen atoms in total. The molecule has 0 radical (unpaired) electrons. The van der Waals surface area contributed by atoms with Crippen molar-refractivity contribution < 1.29 is 0 Å². The highest BCUT2D eigenvalue weighted by Crippen LogP contribution is 2.63. The van der Waals surface area contributed by atoms with Crippen LogP contribution in [-0.4, -0.2) is 30.1 Å². The van der Waals surface area contributed by atoms with Gasteiger partial charge in [0, 0.05) is 23.2 Å². The van der Waals surface area contributed by atoms with E-state index in [1.165, 1.54) is 57.3 Å². The lowest BCUT2D eigenvalue weighted by atomic mass is 9.52. The van der Waals surface area contributed by atoms with Crippen LogP contribution in [0.3, 0.4) is 0 Å². The number of fused-ring (bicyclic) bond motifs is 1. The van der Waals surface area contributed by atoms with Gasteiger partial charge in [0.15, 0.2) is 0 Å². The fourth-order valence-electron chi connectivity index (χ4n) is 6.60. The van der Waals surface area contributed by atoms with E-state index in [1.807, 2.05) is 0 Å². The molecule has 5 rings (SSSR count). The molecule has 1 N–H and O–H groups in total. The maximum absolute atomic E-state index is 3.90. The zero-order chi connectivity index (χ0) is 14.1. The molecule has 3 fully saturated rings. The van der Waals surface area contributed by atoms with Crippen LogP contribution in [0.1, 0.15) is 51.0 Å². The fourth-order valence-corrected chi connectivity index (χ4v) is 6.60. The normalized spacial score (nSPS) is 43.9. The van der Waals surface area contributed by atoms with Crippen molar-refractivity contribution in [3.05, 3.63) is 29.8 Å².